The average Bonchev–Trinajstić information content (AvgIpc) is 2.44. The number of ether oxygens (including phenoxy) is 1. The number of carbonyl (C=O) groups is 2. The van der Waals surface area contributed by atoms with Crippen LogP contribution in [0.25, 0.3) is 0 Å². The van der Waals surface area contributed by atoms with Crippen molar-refractivity contribution in [1.29, 1.82) is 0 Å². The summed E-state index contributed by atoms with van der Waals surface area (Å²) in [6, 6.07) is 5.54. The van der Waals surface area contributed by atoms with Gasteiger partial charge in [0.2, 0.25) is 0 Å². The van der Waals surface area contributed by atoms with Crippen molar-refractivity contribution in [3.8, 4) is 5.75 Å². The minimum atomic E-state index is -0.853. The van der Waals surface area contributed by atoms with Gasteiger partial charge in [0.05, 0.1) is 5.92 Å². The summed E-state index contributed by atoms with van der Waals surface area (Å²) in [5.74, 6) is -0.809. The van der Waals surface area contributed by atoms with Crippen LogP contribution in [0.4, 0.5) is 4.79 Å². The fourth-order valence-corrected chi connectivity index (χ4v) is 2.34. The maximum absolute atomic E-state index is 12.1. The zero-order chi connectivity index (χ0) is 14.7. The van der Waals surface area contributed by atoms with E-state index in [0.717, 1.165) is 11.1 Å². The number of amides is 1. The van der Waals surface area contributed by atoms with Crippen LogP contribution in [-0.2, 0) is 4.79 Å². The summed E-state index contributed by atoms with van der Waals surface area (Å²) in [7, 11) is 0. The first kappa shape index (κ1) is 14.4. The molecule has 1 N–H and O–H groups in total. The Morgan fingerprint density at radius 2 is 2.10 bits per heavy atom. The second-order valence-electron chi connectivity index (χ2n) is 5.19. The zero-order valence-corrected chi connectivity index (χ0v) is 11.8. The predicted molar refractivity (Wildman–Crippen MR) is 73.9 cm³/mol. The lowest BCUT2D eigenvalue weighted by atomic mass is 9.99. The van der Waals surface area contributed by atoms with Gasteiger partial charge < -0.3 is 14.7 Å². The molecule has 1 fully saturated rings. The number of aryl methyl sites for hydroxylation is 1. The number of hydrogen-bond acceptors (Lipinski definition) is 3. The Bertz CT molecular complexity index is 527. The molecule has 0 aromatic heterocycles. The molecule has 1 aromatic carbocycles. The van der Waals surface area contributed by atoms with Crippen LogP contribution in [0.5, 0.6) is 5.75 Å². The van der Waals surface area contributed by atoms with Crippen molar-refractivity contribution >= 4 is 12.1 Å². The molecular weight excluding hydrogens is 258 g/mol. The second-order valence-corrected chi connectivity index (χ2v) is 5.19. The van der Waals surface area contributed by atoms with Gasteiger partial charge in [-0.1, -0.05) is 12.1 Å². The van der Waals surface area contributed by atoms with Gasteiger partial charge in [0.25, 0.3) is 0 Å². The largest absolute Gasteiger partial charge is 0.481 e. The van der Waals surface area contributed by atoms with Crippen LogP contribution in [0.15, 0.2) is 18.2 Å². The molecule has 5 nitrogen and oxygen atoms in total. The van der Waals surface area contributed by atoms with Crippen molar-refractivity contribution < 1.29 is 19.4 Å². The van der Waals surface area contributed by atoms with Crippen molar-refractivity contribution in [3.63, 3.8) is 0 Å². The van der Waals surface area contributed by atoms with Crippen LogP contribution >= 0.6 is 0 Å². The molecule has 1 atom stereocenters. The Hall–Kier alpha value is -2.04. The van der Waals surface area contributed by atoms with E-state index in [9.17, 15) is 9.59 Å². The predicted octanol–water partition coefficient (Wildman–Crippen LogP) is 2.60. The molecule has 1 aliphatic heterocycles. The van der Waals surface area contributed by atoms with Crippen molar-refractivity contribution in [3.05, 3.63) is 29.3 Å². The number of benzene rings is 1. The number of carboxylic acids is 1. The summed E-state index contributed by atoms with van der Waals surface area (Å²) < 4.78 is 5.39. The number of rotatable bonds is 2. The van der Waals surface area contributed by atoms with E-state index in [4.69, 9.17) is 9.84 Å². The average molecular weight is 277 g/mol. The van der Waals surface area contributed by atoms with Gasteiger partial charge in [-0.25, -0.2) is 4.79 Å². The fraction of sp³-hybridized carbons (Fsp3) is 0.467. The number of carboxylic acid groups (broad SMARTS) is 1. The molecule has 1 heterocycles. The number of piperidine rings is 1. The Morgan fingerprint density at radius 1 is 1.35 bits per heavy atom. The molecule has 0 spiro atoms. The van der Waals surface area contributed by atoms with E-state index < -0.39 is 18.0 Å². The van der Waals surface area contributed by atoms with Crippen LogP contribution in [0, 0.1) is 19.8 Å². The first-order valence-corrected chi connectivity index (χ1v) is 6.75. The molecule has 5 heteroatoms. The highest BCUT2D eigenvalue weighted by atomic mass is 16.6. The molecule has 0 saturated carbocycles. The minimum absolute atomic E-state index is 0.221. The summed E-state index contributed by atoms with van der Waals surface area (Å²) in [6.07, 6.45) is 0.839. The molecule has 0 bridgehead atoms. The highest BCUT2D eigenvalue weighted by molar-refractivity contribution is 5.74. The highest BCUT2D eigenvalue weighted by Crippen LogP contribution is 2.23. The Morgan fingerprint density at radius 3 is 2.80 bits per heavy atom. The topological polar surface area (TPSA) is 66.8 Å². The summed E-state index contributed by atoms with van der Waals surface area (Å²) in [6.45, 7) is 4.62. The molecule has 2 rings (SSSR count). The van der Waals surface area contributed by atoms with Crippen LogP contribution in [0.3, 0.4) is 0 Å². The van der Waals surface area contributed by atoms with Gasteiger partial charge in [-0.2, -0.15) is 0 Å². The van der Waals surface area contributed by atoms with Crippen LogP contribution in [0.1, 0.15) is 24.0 Å². The molecular formula is C15H19NO4. The van der Waals surface area contributed by atoms with Gasteiger partial charge >= 0.3 is 12.1 Å². The SMILES string of the molecule is Cc1cccc(OC(=O)N2CCCC(C(=O)O)C2)c1C. The summed E-state index contributed by atoms with van der Waals surface area (Å²) in [5, 5.41) is 9.03. The van der Waals surface area contributed by atoms with Crippen molar-refractivity contribution in [1.82, 2.24) is 4.90 Å². The van der Waals surface area contributed by atoms with Crippen molar-refractivity contribution in [2.24, 2.45) is 5.92 Å². The fourth-order valence-electron chi connectivity index (χ4n) is 2.34. The highest BCUT2D eigenvalue weighted by Gasteiger charge is 2.29. The van der Waals surface area contributed by atoms with E-state index in [1.54, 1.807) is 6.07 Å². The molecule has 108 valence electrons. The quantitative estimate of drug-likeness (QED) is 0.902. The molecule has 0 aliphatic carbocycles. The lowest BCUT2D eigenvalue weighted by Crippen LogP contribution is -2.43. The van der Waals surface area contributed by atoms with Crippen LogP contribution in [0.2, 0.25) is 0 Å². The second kappa shape index (κ2) is 5.94. The third-order valence-corrected chi connectivity index (χ3v) is 3.78. The van der Waals surface area contributed by atoms with Gasteiger partial charge in [-0.15, -0.1) is 0 Å². The van der Waals surface area contributed by atoms with E-state index in [-0.39, 0.29) is 6.54 Å². The first-order valence-electron chi connectivity index (χ1n) is 6.75. The summed E-state index contributed by atoms with van der Waals surface area (Å²) in [4.78, 5) is 24.6. The number of carbonyl (C=O) groups excluding carboxylic acids is 1. The molecule has 1 unspecified atom stereocenters. The number of aliphatic carboxylic acids is 1. The number of hydrogen-bond donors (Lipinski definition) is 1. The van der Waals surface area contributed by atoms with Gasteiger partial charge in [0.15, 0.2) is 0 Å². The molecule has 1 aromatic rings. The lowest BCUT2D eigenvalue weighted by Gasteiger charge is -2.30. The van der Waals surface area contributed by atoms with Crippen LogP contribution in [-0.4, -0.2) is 35.2 Å². The zero-order valence-electron chi connectivity index (χ0n) is 11.8. The molecule has 1 aliphatic rings. The molecule has 1 amide bonds. The maximum Gasteiger partial charge on any atom is 0.415 e. The molecule has 1 saturated heterocycles. The monoisotopic (exact) mass is 277 g/mol. The Kier molecular flexibility index (Phi) is 4.27. The molecule has 20 heavy (non-hydrogen) atoms. The smallest absolute Gasteiger partial charge is 0.415 e. The third-order valence-electron chi connectivity index (χ3n) is 3.78. The number of likely N-dealkylation sites (tertiary alicyclic amines) is 1. The van der Waals surface area contributed by atoms with E-state index in [0.29, 0.717) is 25.1 Å². The summed E-state index contributed by atoms with van der Waals surface area (Å²) >= 11 is 0. The standard InChI is InChI=1S/C15H19NO4/c1-10-5-3-7-13(11(10)2)20-15(19)16-8-4-6-12(9-16)14(17)18/h3,5,7,12H,4,6,8-9H2,1-2H3,(H,17,18). The number of nitrogens with zero attached hydrogens (tertiary/aromatic N) is 1. The van der Waals surface area contributed by atoms with E-state index in [2.05, 4.69) is 0 Å². The van der Waals surface area contributed by atoms with Crippen molar-refractivity contribution in [2.75, 3.05) is 13.1 Å². The van der Waals surface area contributed by atoms with E-state index >= 15 is 0 Å². The van der Waals surface area contributed by atoms with Gasteiger partial charge in [-0.3, -0.25) is 4.79 Å². The van der Waals surface area contributed by atoms with Gasteiger partial charge in [0, 0.05) is 13.1 Å². The Labute approximate surface area is 118 Å². The van der Waals surface area contributed by atoms with Gasteiger partial charge in [0.1, 0.15) is 5.75 Å². The molecule has 0 radical (unpaired) electrons. The maximum atomic E-state index is 12.1. The van der Waals surface area contributed by atoms with Crippen LogP contribution < -0.4 is 4.74 Å². The lowest BCUT2D eigenvalue weighted by molar-refractivity contribution is -0.143. The minimum Gasteiger partial charge on any atom is -0.481 e. The Balaban J connectivity index is 2.04. The van der Waals surface area contributed by atoms with Crippen molar-refractivity contribution in [2.45, 2.75) is 26.7 Å². The van der Waals surface area contributed by atoms with E-state index in [1.165, 1.54) is 4.90 Å². The first-order chi connectivity index (χ1) is 9.49. The van der Waals surface area contributed by atoms with Gasteiger partial charge in [-0.05, 0) is 43.9 Å². The summed E-state index contributed by atoms with van der Waals surface area (Å²) in [5.41, 5.74) is 1.98. The third kappa shape index (κ3) is 3.10. The van der Waals surface area contributed by atoms with E-state index in [1.807, 2.05) is 26.0 Å². The normalized spacial score (nSPS) is 18.7.